The summed E-state index contributed by atoms with van der Waals surface area (Å²) >= 11 is 0. The number of fused-ring (bicyclic) bond motifs is 1. The Morgan fingerprint density at radius 1 is 1.24 bits per heavy atom. The molecule has 0 aromatic heterocycles. The summed E-state index contributed by atoms with van der Waals surface area (Å²) in [5, 5.41) is 11.0. The maximum atomic E-state index is 9.87. The molecule has 2 saturated heterocycles. The van der Waals surface area contributed by atoms with Gasteiger partial charge >= 0.3 is 0 Å². The molecule has 2 aliphatic heterocycles. The van der Waals surface area contributed by atoms with Crippen molar-refractivity contribution >= 4 is 0 Å². The van der Waals surface area contributed by atoms with Crippen molar-refractivity contribution in [3.8, 4) is 0 Å². The quantitative estimate of drug-likeness (QED) is 0.711. The molecule has 3 rings (SSSR count). The zero-order valence-electron chi connectivity index (χ0n) is 10.7. The van der Waals surface area contributed by atoms with Crippen LogP contribution in [0.3, 0.4) is 0 Å². The summed E-state index contributed by atoms with van der Waals surface area (Å²) in [4.78, 5) is 6.00. The van der Waals surface area contributed by atoms with E-state index < -0.39 is 0 Å². The highest BCUT2D eigenvalue weighted by Gasteiger charge is 2.57. The largest absolute Gasteiger partial charge is 0.390 e. The monoisotopic (exact) mass is 242 g/mol. The normalized spacial score (nSPS) is 44.8. The van der Waals surface area contributed by atoms with Gasteiger partial charge in [-0.15, -0.1) is 0 Å². The molecule has 98 valence electrons. The van der Waals surface area contributed by atoms with Crippen molar-refractivity contribution in [2.75, 3.05) is 19.8 Å². The molecule has 2 heterocycles. The molecule has 0 radical (unpaired) electrons. The minimum Gasteiger partial charge on any atom is -0.390 e. The second-order valence-corrected chi connectivity index (χ2v) is 6.00. The number of quaternary nitrogens is 1. The lowest BCUT2D eigenvalue weighted by Crippen LogP contribution is -3.22. The Bertz CT molecular complexity index is 278. The maximum absolute atomic E-state index is 9.87. The van der Waals surface area contributed by atoms with Gasteiger partial charge in [-0.1, -0.05) is 6.42 Å². The van der Waals surface area contributed by atoms with Crippen LogP contribution in [-0.2, 0) is 9.57 Å². The first-order valence-corrected chi connectivity index (χ1v) is 6.99. The number of aliphatic hydroxyl groups excluding tert-OH is 1. The van der Waals surface area contributed by atoms with Crippen LogP contribution in [0.15, 0.2) is 0 Å². The fraction of sp³-hybridized carbons (Fsp3) is 1.00. The van der Waals surface area contributed by atoms with Crippen LogP contribution < -0.4 is 5.06 Å². The molecule has 3 fully saturated rings. The molecule has 1 saturated carbocycles. The predicted octanol–water partition coefficient (Wildman–Crippen LogP) is -0.0848. The average molecular weight is 242 g/mol. The first kappa shape index (κ1) is 11.9. The molecule has 4 nitrogen and oxygen atoms in total. The fourth-order valence-electron chi connectivity index (χ4n) is 3.96. The first-order chi connectivity index (χ1) is 8.27. The Balaban J connectivity index is 1.82. The molecule has 17 heavy (non-hydrogen) atoms. The molecule has 0 amide bonds. The Morgan fingerprint density at radius 3 is 2.71 bits per heavy atom. The third-order valence-corrected chi connectivity index (χ3v) is 4.98. The number of hydroxylamine groups is 2. The minimum atomic E-state index is -0.0559. The second-order valence-electron chi connectivity index (χ2n) is 6.00. The molecule has 0 spiro atoms. The summed E-state index contributed by atoms with van der Waals surface area (Å²) in [6.45, 7) is 4.02. The van der Waals surface area contributed by atoms with Gasteiger partial charge in [-0.3, -0.25) is 0 Å². The molecule has 0 aromatic carbocycles. The van der Waals surface area contributed by atoms with Crippen molar-refractivity contribution in [2.45, 2.75) is 56.7 Å². The molecule has 3 aliphatic rings. The van der Waals surface area contributed by atoms with Crippen LogP contribution >= 0.6 is 0 Å². The van der Waals surface area contributed by atoms with Gasteiger partial charge in [0.15, 0.2) is 11.6 Å². The van der Waals surface area contributed by atoms with Crippen molar-refractivity contribution in [3.05, 3.63) is 0 Å². The van der Waals surface area contributed by atoms with E-state index in [1.54, 1.807) is 0 Å². The van der Waals surface area contributed by atoms with Gasteiger partial charge in [-0.2, -0.15) is 5.06 Å². The van der Waals surface area contributed by atoms with Gasteiger partial charge in [0.2, 0.25) is 0 Å². The Morgan fingerprint density at radius 2 is 2.00 bits per heavy atom. The Kier molecular flexibility index (Phi) is 3.15. The summed E-state index contributed by atoms with van der Waals surface area (Å²) in [7, 11) is 0. The molecule has 0 bridgehead atoms. The van der Waals surface area contributed by atoms with Crippen molar-refractivity contribution in [1.82, 2.24) is 0 Å². The number of rotatable bonds is 2. The maximum Gasteiger partial charge on any atom is 0.151 e. The smallest absolute Gasteiger partial charge is 0.151 e. The van der Waals surface area contributed by atoms with Crippen molar-refractivity contribution in [3.63, 3.8) is 0 Å². The summed E-state index contributed by atoms with van der Waals surface area (Å²) < 4.78 is 5.75. The third-order valence-electron chi connectivity index (χ3n) is 4.98. The van der Waals surface area contributed by atoms with Crippen LogP contribution in [0.5, 0.6) is 0 Å². The third kappa shape index (κ3) is 1.82. The Labute approximate surface area is 103 Å². The summed E-state index contributed by atoms with van der Waals surface area (Å²) in [6, 6.07) is 0.431. The van der Waals surface area contributed by atoms with Gasteiger partial charge in [-0.05, 0) is 19.8 Å². The predicted molar refractivity (Wildman–Crippen MR) is 62.5 cm³/mol. The van der Waals surface area contributed by atoms with Crippen molar-refractivity contribution in [1.29, 1.82) is 0 Å². The van der Waals surface area contributed by atoms with Crippen LogP contribution in [0.1, 0.15) is 39.0 Å². The lowest BCUT2D eigenvalue weighted by atomic mass is 9.80. The molecule has 1 aliphatic carbocycles. The first-order valence-electron chi connectivity index (χ1n) is 6.99. The van der Waals surface area contributed by atoms with E-state index in [4.69, 9.17) is 9.57 Å². The molecule has 4 heteroatoms. The number of nitrogens with one attached hydrogen (secondary N) is 1. The zero-order chi connectivity index (χ0) is 11.9. The number of aliphatic hydroxyl groups is 1. The number of hydrogen-bond donors (Lipinski definition) is 2. The highest BCUT2D eigenvalue weighted by Crippen LogP contribution is 2.30. The lowest BCUT2D eigenvalue weighted by molar-refractivity contribution is -1.13. The van der Waals surface area contributed by atoms with E-state index in [1.165, 1.54) is 24.3 Å². The van der Waals surface area contributed by atoms with Crippen LogP contribution in [0, 0.1) is 5.92 Å². The number of hydrogen-bond acceptors (Lipinski definition) is 3. The van der Waals surface area contributed by atoms with Crippen molar-refractivity contribution < 1.29 is 19.7 Å². The minimum absolute atomic E-state index is 0.0559. The van der Waals surface area contributed by atoms with E-state index >= 15 is 0 Å². The van der Waals surface area contributed by atoms with Crippen LogP contribution in [-0.4, -0.2) is 42.6 Å². The van der Waals surface area contributed by atoms with E-state index in [2.05, 4.69) is 6.92 Å². The van der Waals surface area contributed by atoms with Gasteiger partial charge in [0.05, 0.1) is 12.5 Å². The van der Waals surface area contributed by atoms with Gasteiger partial charge < -0.3 is 9.84 Å². The molecular weight excluding hydrogens is 218 g/mol. The van der Waals surface area contributed by atoms with Crippen LogP contribution in [0.2, 0.25) is 0 Å². The average Bonchev–Trinajstić information content (AvgIpc) is 2.94. The highest BCUT2D eigenvalue weighted by atomic mass is 16.7. The summed E-state index contributed by atoms with van der Waals surface area (Å²) in [5.41, 5.74) is -0.0559. The van der Waals surface area contributed by atoms with Crippen LogP contribution in [0.4, 0.5) is 0 Å². The van der Waals surface area contributed by atoms with Gasteiger partial charge in [-0.25, -0.2) is 4.84 Å². The number of ether oxygens (including phenoxy) is 1. The van der Waals surface area contributed by atoms with Gasteiger partial charge in [0, 0.05) is 12.8 Å². The highest BCUT2D eigenvalue weighted by molar-refractivity contribution is 4.88. The molecule has 1 unspecified atom stereocenters. The molecule has 0 aromatic rings. The second kappa shape index (κ2) is 4.50. The Hall–Kier alpha value is -0.160. The standard InChI is InChI=1S/C13H23NO3/c1-10-12-11(7-16-10)8-17-14(12)13(9-15)5-3-2-4-6-13/h10-12,15H,2-9H2,1H3/p+1/t10-,11-,12-/m0/s1. The van der Waals surface area contributed by atoms with Crippen molar-refractivity contribution in [2.24, 2.45) is 5.92 Å². The molecule has 2 N–H and O–H groups in total. The van der Waals surface area contributed by atoms with Gasteiger partial charge in [0.25, 0.3) is 0 Å². The van der Waals surface area contributed by atoms with E-state index in [0.717, 1.165) is 26.1 Å². The summed E-state index contributed by atoms with van der Waals surface area (Å²) in [6.07, 6.45) is 6.20. The zero-order valence-corrected chi connectivity index (χ0v) is 10.7. The van der Waals surface area contributed by atoms with Gasteiger partial charge in [0.1, 0.15) is 19.3 Å². The summed E-state index contributed by atoms with van der Waals surface area (Å²) in [5.74, 6) is 0.533. The lowest BCUT2D eigenvalue weighted by Gasteiger charge is -2.40. The molecular formula is C13H24NO3+. The van der Waals surface area contributed by atoms with E-state index in [1.807, 2.05) is 0 Å². The molecule has 4 atom stereocenters. The van der Waals surface area contributed by atoms with E-state index in [0.29, 0.717) is 12.0 Å². The topological polar surface area (TPSA) is 43.1 Å². The van der Waals surface area contributed by atoms with E-state index in [-0.39, 0.29) is 18.2 Å². The van der Waals surface area contributed by atoms with E-state index in [9.17, 15) is 5.11 Å². The van der Waals surface area contributed by atoms with Crippen LogP contribution in [0.25, 0.3) is 0 Å². The SMILES string of the molecule is C[C@@H]1OC[C@H]2CO[NH+](C3(CO)CCCCC3)[C@H]21. The fourth-order valence-corrected chi connectivity index (χ4v) is 3.96.